The number of nitrogens with zero attached hydrogens (tertiary/aromatic N) is 3. The maximum absolute atomic E-state index is 12.0. The molecular formula is C12H10ClN3O2S2. The molecule has 8 heteroatoms. The van der Waals surface area contributed by atoms with Crippen LogP contribution in [0.2, 0.25) is 5.15 Å². The van der Waals surface area contributed by atoms with Gasteiger partial charge in [-0.1, -0.05) is 23.4 Å². The van der Waals surface area contributed by atoms with Crippen LogP contribution in [0.25, 0.3) is 0 Å². The van der Waals surface area contributed by atoms with Gasteiger partial charge in [-0.2, -0.15) is 11.3 Å². The van der Waals surface area contributed by atoms with Crippen LogP contribution >= 0.6 is 34.7 Å². The molecule has 0 N–H and O–H groups in total. The molecule has 3 rings (SSSR count). The van der Waals surface area contributed by atoms with Gasteiger partial charge in [-0.15, -0.1) is 0 Å². The molecule has 3 heterocycles. The van der Waals surface area contributed by atoms with Gasteiger partial charge in [0.1, 0.15) is 5.15 Å². The number of amides is 1. The summed E-state index contributed by atoms with van der Waals surface area (Å²) in [5.41, 5.74) is 1.50. The van der Waals surface area contributed by atoms with Crippen molar-refractivity contribution in [3.05, 3.63) is 33.1 Å². The quantitative estimate of drug-likeness (QED) is 0.479. The number of thioether (sulfide) groups is 1. The Morgan fingerprint density at radius 2 is 2.30 bits per heavy atom. The highest BCUT2D eigenvalue weighted by Gasteiger charge is 2.36. The predicted octanol–water partition coefficient (Wildman–Crippen LogP) is 3.59. The molecule has 2 aromatic heterocycles. The summed E-state index contributed by atoms with van der Waals surface area (Å²) in [5.74, 6) is 0.502. The monoisotopic (exact) mass is 327 g/mol. The fourth-order valence-electron chi connectivity index (χ4n) is 1.97. The first-order chi connectivity index (χ1) is 9.61. The summed E-state index contributed by atoms with van der Waals surface area (Å²) in [6, 6.07) is 1.90. The Morgan fingerprint density at radius 3 is 2.95 bits per heavy atom. The molecule has 0 spiro atoms. The molecule has 0 bridgehead atoms. The van der Waals surface area contributed by atoms with Gasteiger partial charge >= 0.3 is 6.09 Å². The summed E-state index contributed by atoms with van der Waals surface area (Å²) < 4.78 is 5.45. The van der Waals surface area contributed by atoms with Crippen LogP contribution in [0.15, 0.2) is 22.0 Å². The van der Waals surface area contributed by atoms with E-state index in [1.807, 2.05) is 23.1 Å². The predicted molar refractivity (Wildman–Crippen MR) is 79.9 cm³/mol. The van der Waals surface area contributed by atoms with Crippen LogP contribution in [0.1, 0.15) is 17.2 Å². The number of ether oxygens (including phenoxy) is 1. The molecule has 0 aliphatic carbocycles. The van der Waals surface area contributed by atoms with Crippen LogP contribution in [0, 0.1) is 0 Å². The van der Waals surface area contributed by atoms with Crippen LogP contribution in [0.3, 0.4) is 0 Å². The largest absolute Gasteiger partial charge is 0.436 e. The number of halogens is 1. The number of aromatic nitrogens is 2. The summed E-state index contributed by atoms with van der Waals surface area (Å²) in [4.78, 5) is 21.9. The lowest BCUT2D eigenvalue weighted by Gasteiger charge is -2.30. The van der Waals surface area contributed by atoms with Crippen molar-refractivity contribution in [1.82, 2.24) is 9.97 Å². The van der Waals surface area contributed by atoms with E-state index in [1.54, 1.807) is 7.05 Å². The van der Waals surface area contributed by atoms with E-state index in [9.17, 15) is 4.79 Å². The smallest absolute Gasteiger partial charge is 0.416 e. The lowest BCUT2D eigenvalue weighted by molar-refractivity contribution is 0.118. The Bertz CT molecular complexity index is 663. The van der Waals surface area contributed by atoms with Crippen molar-refractivity contribution < 1.29 is 9.53 Å². The number of anilines is 1. The lowest BCUT2D eigenvalue weighted by Crippen LogP contribution is -2.36. The van der Waals surface area contributed by atoms with Crippen LogP contribution in [-0.2, 0) is 4.74 Å². The topological polar surface area (TPSA) is 55.3 Å². The number of cyclic esters (lactones) is 1. The number of thiophene rings is 1. The zero-order valence-corrected chi connectivity index (χ0v) is 13.1. The van der Waals surface area contributed by atoms with Gasteiger partial charge < -0.3 is 4.74 Å². The minimum Gasteiger partial charge on any atom is -0.436 e. The van der Waals surface area contributed by atoms with Crippen molar-refractivity contribution in [1.29, 1.82) is 0 Å². The maximum Gasteiger partial charge on any atom is 0.416 e. The number of hydrogen-bond donors (Lipinski definition) is 0. The van der Waals surface area contributed by atoms with E-state index in [1.165, 1.54) is 28.0 Å². The molecule has 0 saturated heterocycles. The van der Waals surface area contributed by atoms with E-state index in [0.29, 0.717) is 21.7 Å². The van der Waals surface area contributed by atoms with Gasteiger partial charge in [0.15, 0.2) is 17.1 Å². The van der Waals surface area contributed by atoms with Crippen molar-refractivity contribution in [2.45, 2.75) is 11.3 Å². The zero-order chi connectivity index (χ0) is 14.3. The minimum absolute atomic E-state index is 0.315. The molecule has 0 aromatic carbocycles. The summed E-state index contributed by atoms with van der Waals surface area (Å²) >= 11 is 9.18. The van der Waals surface area contributed by atoms with Crippen LogP contribution in [0.5, 0.6) is 0 Å². The molecule has 1 unspecified atom stereocenters. The third-order valence-corrected chi connectivity index (χ3v) is 4.50. The van der Waals surface area contributed by atoms with Gasteiger partial charge in [-0.05, 0) is 23.1 Å². The van der Waals surface area contributed by atoms with Gasteiger partial charge in [-0.25, -0.2) is 14.8 Å². The molecule has 1 atom stereocenters. The van der Waals surface area contributed by atoms with E-state index in [-0.39, 0.29) is 0 Å². The van der Waals surface area contributed by atoms with Gasteiger partial charge in [0.2, 0.25) is 0 Å². The van der Waals surface area contributed by atoms with E-state index >= 15 is 0 Å². The Morgan fingerprint density at radius 1 is 1.50 bits per heavy atom. The third kappa shape index (κ3) is 2.15. The Kier molecular flexibility index (Phi) is 3.57. The number of carbonyl (C=O) groups is 1. The first kappa shape index (κ1) is 13.7. The zero-order valence-electron chi connectivity index (χ0n) is 10.7. The summed E-state index contributed by atoms with van der Waals surface area (Å²) in [6.45, 7) is 0. The SMILES string of the molecule is CSc1nc(Cl)c2c(n1)N(C)C(=O)OC2c1ccsc1. The highest BCUT2D eigenvalue weighted by Crippen LogP contribution is 2.41. The summed E-state index contributed by atoms with van der Waals surface area (Å²) in [6.07, 6.45) is 0.856. The van der Waals surface area contributed by atoms with Crippen molar-refractivity contribution in [3.8, 4) is 0 Å². The second-order valence-corrected chi connectivity index (χ2v) is 6.03. The Balaban J connectivity index is 2.20. The van der Waals surface area contributed by atoms with Gasteiger partial charge in [0, 0.05) is 12.6 Å². The molecular weight excluding hydrogens is 318 g/mol. The Labute approximate surface area is 128 Å². The van der Waals surface area contributed by atoms with Crippen LogP contribution in [-0.4, -0.2) is 29.4 Å². The number of hydrogen-bond acceptors (Lipinski definition) is 6. The van der Waals surface area contributed by atoms with Crippen LogP contribution < -0.4 is 4.90 Å². The molecule has 0 saturated carbocycles. The minimum atomic E-state index is -0.552. The molecule has 20 heavy (non-hydrogen) atoms. The molecule has 0 fully saturated rings. The molecule has 5 nitrogen and oxygen atoms in total. The fraction of sp³-hybridized carbons (Fsp3) is 0.250. The average Bonchev–Trinajstić information content (AvgIpc) is 2.96. The normalized spacial score (nSPS) is 17.9. The molecule has 2 aromatic rings. The van der Waals surface area contributed by atoms with E-state index in [0.717, 1.165) is 5.56 Å². The molecule has 1 aliphatic rings. The van der Waals surface area contributed by atoms with E-state index < -0.39 is 12.2 Å². The number of fused-ring (bicyclic) bond motifs is 1. The summed E-state index contributed by atoms with van der Waals surface area (Å²) in [7, 11) is 1.61. The molecule has 104 valence electrons. The molecule has 1 amide bonds. The van der Waals surface area contributed by atoms with E-state index in [2.05, 4.69) is 9.97 Å². The van der Waals surface area contributed by atoms with Gasteiger partial charge in [0.25, 0.3) is 0 Å². The van der Waals surface area contributed by atoms with Crippen molar-refractivity contribution >= 4 is 46.6 Å². The van der Waals surface area contributed by atoms with Gasteiger partial charge in [0.05, 0.1) is 5.56 Å². The Hall–Kier alpha value is -1.31. The van der Waals surface area contributed by atoms with Crippen LogP contribution in [0.4, 0.5) is 10.6 Å². The highest BCUT2D eigenvalue weighted by atomic mass is 35.5. The third-order valence-electron chi connectivity index (χ3n) is 2.96. The lowest BCUT2D eigenvalue weighted by atomic mass is 10.1. The molecule has 0 radical (unpaired) electrons. The van der Waals surface area contributed by atoms with Crippen molar-refractivity contribution in [3.63, 3.8) is 0 Å². The number of carbonyl (C=O) groups excluding carboxylic acids is 1. The number of rotatable bonds is 2. The second kappa shape index (κ2) is 5.23. The maximum atomic E-state index is 12.0. The van der Waals surface area contributed by atoms with Gasteiger partial charge in [-0.3, -0.25) is 4.90 Å². The fourth-order valence-corrected chi connectivity index (χ4v) is 3.32. The highest BCUT2D eigenvalue weighted by molar-refractivity contribution is 7.98. The van der Waals surface area contributed by atoms with Crippen molar-refractivity contribution in [2.24, 2.45) is 0 Å². The summed E-state index contributed by atoms with van der Waals surface area (Å²) in [5, 5.41) is 4.69. The second-order valence-electron chi connectivity index (χ2n) is 4.12. The first-order valence-electron chi connectivity index (χ1n) is 5.69. The van der Waals surface area contributed by atoms with Crippen molar-refractivity contribution in [2.75, 3.05) is 18.2 Å². The average molecular weight is 328 g/mol. The first-order valence-corrected chi connectivity index (χ1v) is 8.24. The van der Waals surface area contributed by atoms with E-state index in [4.69, 9.17) is 16.3 Å². The molecule has 1 aliphatic heterocycles. The standard InChI is InChI=1S/C12H10ClN3O2S2/c1-16-10-7(9(13)14-11(15-10)19-2)8(18-12(16)17)6-3-4-20-5-6/h3-5,8H,1-2H3.